The van der Waals surface area contributed by atoms with Crippen LogP contribution in [0, 0.1) is 20.8 Å². The van der Waals surface area contributed by atoms with E-state index in [-0.39, 0.29) is 6.04 Å². The van der Waals surface area contributed by atoms with Crippen molar-refractivity contribution in [1.29, 1.82) is 0 Å². The molecule has 0 amide bonds. The van der Waals surface area contributed by atoms with Crippen molar-refractivity contribution in [1.82, 2.24) is 4.31 Å². The summed E-state index contributed by atoms with van der Waals surface area (Å²) in [6.07, 6.45) is 0. The van der Waals surface area contributed by atoms with E-state index < -0.39 is 10.0 Å². The topological polar surface area (TPSA) is 40.6 Å². The van der Waals surface area contributed by atoms with Crippen molar-refractivity contribution in [3.63, 3.8) is 0 Å². The molecule has 0 spiro atoms. The third kappa shape index (κ3) is 3.58. The summed E-state index contributed by atoms with van der Waals surface area (Å²) in [6, 6.07) is 14.2. The summed E-state index contributed by atoms with van der Waals surface area (Å²) < 4.78 is 27.8. The monoisotopic (exact) mass is 358 g/mol. The van der Waals surface area contributed by atoms with Gasteiger partial charge < -0.3 is 4.90 Å². The number of nitrogens with zero attached hydrogens (tertiary/aromatic N) is 2. The van der Waals surface area contributed by atoms with Crippen LogP contribution in [0.25, 0.3) is 0 Å². The Bertz CT molecular complexity index is 860. The molecule has 2 aromatic carbocycles. The van der Waals surface area contributed by atoms with E-state index in [1.54, 1.807) is 10.4 Å². The van der Waals surface area contributed by atoms with Gasteiger partial charge in [0.05, 0.1) is 4.90 Å². The van der Waals surface area contributed by atoms with Gasteiger partial charge in [0.15, 0.2) is 0 Å². The maximum atomic E-state index is 13.1. The molecule has 0 N–H and O–H groups in total. The van der Waals surface area contributed by atoms with E-state index in [9.17, 15) is 8.42 Å². The molecular formula is C20H26N2O2S. The molecule has 1 fully saturated rings. The lowest BCUT2D eigenvalue weighted by Gasteiger charge is -2.40. The molecule has 1 saturated heterocycles. The maximum Gasteiger partial charge on any atom is 0.243 e. The average Bonchev–Trinajstić information content (AvgIpc) is 2.58. The molecule has 0 aliphatic carbocycles. The largest absolute Gasteiger partial charge is 0.366 e. The first kappa shape index (κ1) is 18.0. The van der Waals surface area contributed by atoms with E-state index in [4.69, 9.17) is 0 Å². The van der Waals surface area contributed by atoms with Crippen molar-refractivity contribution in [3.05, 3.63) is 59.2 Å². The van der Waals surface area contributed by atoms with Gasteiger partial charge in [0.25, 0.3) is 0 Å². The zero-order chi connectivity index (χ0) is 18.2. The average molecular weight is 359 g/mol. The molecule has 5 heteroatoms. The lowest BCUT2D eigenvalue weighted by molar-refractivity contribution is 0.342. The van der Waals surface area contributed by atoms with Gasteiger partial charge in [-0.15, -0.1) is 0 Å². The Kier molecular flexibility index (Phi) is 4.89. The van der Waals surface area contributed by atoms with Gasteiger partial charge in [-0.05, 0) is 57.0 Å². The van der Waals surface area contributed by atoms with E-state index in [2.05, 4.69) is 43.0 Å². The predicted octanol–water partition coefficient (Wildman–Crippen LogP) is 3.51. The van der Waals surface area contributed by atoms with Crippen LogP contribution in [0.1, 0.15) is 23.6 Å². The summed E-state index contributed by atoms with van der Waals surface area (Å²) in [4.78, 5) is 2.72. The number of sulfonamides is 1. The molecule has 2 aromatic rings. The summed E-state index contributed by atoms with van der Waals surface area (Å²) in [5, 5.41) is 0. The first-order chi connectivity index (χ1) is 11.8. The molecule has 1 aliphatic rings. The van der Waals surface area contributed by atoms with Gasteiger partial charge in [-0.2, -0.15) is 4.31 Å². The third-order valence-corrected chi connectivity index (χ3v) is 6.92. The molecular weight excluding hydrogens is 332 g/mol. The van der Waals surface area contributed by atoms with E-state index in [0.717, 1.165) is 16.8 Å². The number of piperazine rings is 1. The third-order valence-electron chi connectivity index (χ3n) is 4.92. The predicted molar refractivity (Wildman–Crippen MR) is 103 cm³/mol. The van der Waals surface area contributed by atoms with Crippen LogP contribution in [0.4, 0.5) is 5.69 Å². The number of hydrogen-bond acceptors (Lipinski definition) is 3. The Morgan fingerprint density at radius 3 is 2.20 bits per heavy atom. The highest BCUT2D eigenvalue weighted by atomic mass is 32.2. The van der Waals surface area contributed by atoms with Crippen molar-refractivity contribution >= 4 is 15.7 Å². The van der Waals surface area contributed by atoms with Crippen LogP contribution in [0.3, 0.4) is 0 Å². The fourth-order valence-electron chi connectivity index (χ4n) is 3.39. The SMILES string of the molecule is Cc1ccc(N2CCN(S(=O)(=O)c3cc(C)ccc3C)CC2C)cc1. The quantitative estimate of drug-likeness (QED) is 0.843. The van der Waals surface area contributed by atoms with Crippen LogP contribution in [-0.4, -0.2) is 38.4 Å². The molecule has 0 radical (unpaired) electrons. The second kappa shape index (κ2) is 6.81. The smallest absolute Gasteiger partial charge is 0.243 e. The first-order valence-electron chi connectivity index (χ1n) is 8.70. The second-order valence-corrected chi connectivity index (χ2v) is 8.92. The fraction of sp³-hybridized carbons (Fsp3) is 0.400. The minimum atomic E-state index is -3.45. The van der Waals surface area contributed by atoms with Crippen molar-refractivity contribution in [3.8, 4) is 0 Å². The van der Waals surface area contributed by atoms with Crippen LogP contribution in [-0.2, 0) is 10.0 Å². The molecule has 25 heavy (non-hydrogen) atoms. The van der Waals surface area contributed by atoms with E-state index >= 15 is 0 Å². The zero-order valence-electron chi connectivity index (χ0n) is 15.4. The van der Waals surface area contributed by atoms with E-state index in [1.165, 1.54) is 5.56 Å². The highest BCUT2D eigenvalue weighted by molar-refractivity contribution is 7.89. The summed E-state index contributed by atoms with van der Waals surface area (Å²) in [5.41, 5.74) is 4.16. The van der Waals surface area contributed by atoms with Crippen molar-refractivity contribution in [2.45, 2.75) is 38.6 Å². The summed E-state index contributed by atoms with van der Waals surface area (Å²) >= 11 is 0. The zero-order valence-corrected chi connectivity index (χ0v) is 16.2. The highest BCUT2D eigenvalue weighted by Crippen LogP contribution is 2.26. The van der Waals surface area contributed by atoms with Crippen LogP contribution in [0.5, 0.6) is 0 Å². The Labute approximate surface area is 151 Å². The molecule has 134 valence electrons. The van der Waals surface area contributed by atoms with Gasteiger partial charge in [-0.25, -0.2) is 8.42 Å². The Hall–Kier alpha value is -1.85. The fourth-order valence-corrected chi connectivity index (χ4v) is 5.21. The van der Waals surface area contributed by atoms with Crippen LogP contribution >= 0.6 is 0 Å². The Morgan fingerprint density at radius 2 is 1.56 bits per heavy atom. The lowest BCUT2D eigenvalue weighted by Crippen LogP contribution is -2.53. The number of rotatable bonds is 3. The van der Waals surface area contributed by atoms with Crippen LogP contribution in [0.2, 0.25) is 0 Å². The molecule has 0 aromatic heterocycles. The van der Waals surface area contributed by atoms with Gasteiger partial charge in [-0.1, -0.05) is 29.8 Å². The lowest BCUT2D eigenvalue weighted by atomic mass is 10.1. The van der Waals surface area contributed by atoms with Gasteiger partial charge in [0.1, 0.15) is 0 Å². The Balaban J connectivity index is 1.82. The highest BCUT2D eigenvalue weighted by Gasteiger charge is 2.33. The second-order valence-electron chi connectivity index (χ2n) is 7.01. The molecule has 1 unspecified atom stereocenters. The van der Waals surface area contributed by atoms with Gasteiger partial charge in [0.2, 0.25) is 10.0 Å². The maximum absolute atomic E-state index is 13.1. The summed E-state index contributed by atoms with van der Waals surface area (Å²) in [7, 11) is -3.45. The van der Waals surface area contributed by atoms with Crippen molar-refractivity contribution in [2.75, 3.05) is 24.5 Å². The standard InChI is InChI=1S/C20H26N2O2S/c1-15-6-9-19(10-7-15)22-12-11-21(14-18(22)4)25(23,24)20-13-16(2)5-8-17(20)3/h5-10,13,18H,11-12,14H2,1-4H3. The molecule has 1 atom stereocenters. The molecule has 0 bridgehead atoms. The summed E-state index contributed by atoms with van der Waals surface area (Å²) in [5.74, 6) is 0. The first-order valence-corrected chi connectivity index (χ1v) is 10.1. The number of benzene rings is 2. The van der Waals surface area contributed by atoms with E-state index in [1.807, 2.05) is 26.0 Å². The summed E-state index contributed by atoms with van der Waals surface area (Å²) in [6.45, 7) is 9.66. The molecule has 1 heterocycles. The van der Waals surface area contributed by atoms with Gasteiger partial charge in [-0.3, -0.25) is 0 Å². The number of aryl methyl sites for hydroxylation is 3. The molecule has 0 saturated carbocycles. The minimum Gasteiger partial charge on any atom is -0.366 e. The Morgan fingerprint density at radius 1 is 0.920 bits per heavy atom. The van der Waals surface area contributed by atoms with Gasteiger partial charge in [0, 0.05) is 31.4 Å². The molecule has 3 rings (SSSR count). The molecule has 4 nitrogen and oxygen atoms in total. The number of anilines is 1. The van der Waals surface area contributed by atoms with Crippen molar-refractivity contribution in [2.24, 2.45) is 0 Å². The van der Waals surface area contributed by atoms with Gasteiger partial charge >= 0.3 is 0 Å². The normalized spacial score (nSPS) is 19.2. The van der Waals surface area contributed by atoms with Crippen molar-refractivity contribution < 1.29 is 8.42 Å². The van der Waals surface area contributed by atoms with Crippen LogP contribution in [0.15, 0.2) is 47.4 Å². The minimum absolute atomic E-state index is 0.136. The van der Waals surface area contributed by atoms with Crippen LogP contribution < -0.4 is 4.90 Å². The van der Waals surface area contributed by atoms with E-state index in [0.29, 0.717) is 24.5 Å². The molecule has 1 aliphatic heterocycles. The number of hydrogen-bond donors (Lipinski definition) is 0.